The van der Waals surface area contributed by atoms with Crippen LogP contribution < -0.4 is 19.5 Å². The molecule has 1 N–H and O–H groups in total. The molecule has 4 rings (SSSR count). The number of carbonyl (C=O) groups is 1. The van der Waals surface area contributed by atoms with Gasteiger partial charge in [0.05, 0.1) is 31.9 Å². The number of carbonyl (C=O) groups excluding carboxylic acids is 1. The molecule has 1 aliphatic carbocycles. The maximum absolute atomic E-state index is 14.7. The highest BCUT2D eigenvalue weighted by molar-refractivity contribution is 5.76. The first-order valence-corrected chi connectivity index (χ1v) is 10.2. The van der Waals surface area contributed by atoms with E-state index < -0.39 is 17.7 Å². The molecule has 2 heterocycles. The van der Waals surface area contributed by atoms with Crippen molar-refractivity contribution in [3.63, 3.8) is 0 Å². The zero-order chi connectivity index (χ0) is 23.8. The van der Waals surface area contributed by atoms with Gasteiger partial charge in [-0.3, -0.25) is 4.79 Å². The lowest BCUT2D eigenvalue weighted by molar-refractivity contribution is -0.119. The van der Waals surface area contributed by atoms with Crippen molar-refractivity contribution in [2.75, 3.05) is 20.3 Å². The first-order chi connectivity index (χ1) is 15.7. The number of hydrogen-bond acceptors (Lipinski definition) is 7. The molecule has 1 aliphatic rings. The van der Waals surface area contributed by atoms with Crippen LogP contribution in [0.3, 0.4) is 0 Å². The zero-order valence-corrected chi connectivity index (χ0v) is 18.2. The third-order valence-electron chi connectivity index (χ3n) is 5.04. The molecule has 2 atom stereocenters. The van der Waals surface area contributed by atoms with E-state index in [4.69, 9.17) is 18.6 Å². The largest absolute Gasteiger partial charge is 0.493 e. The molecule has 1 fully saturated rings. The van der Waals surface area contributed by atoms with E-state index in [0.29, 0.717) is 11.1 Å². The van der Waals surface area contributed by atoms with Crippen LogP contribution in [-0.2, 0) is 4.79 Å². The Balaban J connectivity index is 1.51. The topological polar surface area (TPSA) is 95.7 Å². The minimum atomic E-state index is -2.76. The normalized spacial score (nSPS) is 17.5. The number of fused-ring (bicyclic) bond motifs is 1. The standard InChI is InChI=1S/C22H22F3N3O5/c1-11(27-12(2)29)9-31-19-6-17-16(8-26-19)28-21(33-17)13-4-15(23)20(18(5-13)30-3)32-10-14-7-22(14,24)25/h4-6,8,11,14H,7,9-10H2,1-3H3,(H,27,29)/t11-,14+/m0/s1. The van der Waals surface area contributed by atoms with Crippen molar-refractivity contribution in [2.24, 2.45) is 5.92 Å². The predicted octanol–water partition coefficient (Wildman–Crippen LogP) is 3.97. The zero-order valence-electron chi connectivity index (χ0n) is 18.2. The number of alkyl halides is 2. The summed E-state index contributed by atoms with van der Waals surface area (Å²) in [5.41, 5.74) is 1.05. The van der Waals surface area contributed by atoms with Gasteiger partial charge < -0.3 is 23.9 Å². The van der Waals surface area contributed by atoms with Crippen molar-refractivity contribution < 1.29 is 36.6 Å². The lowest BCUT2D eigenvalue weighted by atomic mass is 10.2. The number of oxazole rings is 1. The van der Waals surface area contributed by atoms with Crippen molar-refractivity contribution in [3.8, 4) is 28.8 Å². The van der Waals surface area contributed by atoms with Crippen molar-refractivity contribution in [3.05, 3.63) is 30.2 Å². The lowest BCUT2D eigenvalue weighted by Crippen LogP contribution is -2.35. The highest BCUT2D eigenvalue weighted by Gasteiger charge is 2.57. The van der Waals surface area contributed by atoms with Crippen LogP contribution in [0, 0.1) is 11.7 Å². The Bertz CT molecular complexity index is 1180. The Hall–Kier alpha value is -3.50. The summed E-state index contributed by atoms with van der Waals surface area (Å²) in [6.07, 6.45) is 1.17. The third kappa shape index (κ3) is 5.12. The second kappa shape index (κ2) is 8.80. The second-order valence-corrected chi connectivity index (χ2v) is 7.88. The Kier molecular flexibility index (Phi) is 6.05. The van der Waals surface area contributed by atoms with Crippen molar-refractivity contribution in [1.29, 1.82) is 0 Å². The van der Waals surface area contributed by atoms with Gasteiger partial charge in [0.25, 0.3) is 5.92 Å². The molecule has 1 aromatic carbocycles. The average molecular weight is 465 g/mol. The monoisotopic (exact) mass is 465 g/mol. The summed E-state index contributed by atoms with van der Waals surface area (Å²) in [4.78, 5) is 19.5. The van der Waals surface area contributed by atoms with E-state index in [1.807, 2.05) is 0 Å². The first kappa shape index (κ1) is 22.7. The maximum atomic E-state index is 14.7. The number of rotatable bonds is 9. The molecule has 176 valence electrons. The molecule has 2 aromatic heterocycles. The number of amides is 1. The molecular weight excluding hydrogens is 443 g/mol. The summed E-state index contributed by atoms with van der Waals surface area (Å²) in [6.45, 7) is 3.10. The number of nitrogens with zero attached hydrogens (tertiary/aromatic N) is 2. The molecule has 0 aliphatic heterocycles. The number of methoxy groups -OCH3 is 1. The van der Waals surface area contributed by atoms with Gasteiger partial charge in [-0.25, -0.2) is 23.1 Å². The SMILES string of the molecule is COc1cc(-c2nc3cnc(OC[C@H](C)NC(C)=O)cc3o2)cc(F)c1OC[C@H]1CC1(F)F. The molecule has 8 nitrogen and oxygen atoms in total. The van der Waals surface area contributed by atoms with E-state index in [1.54, 1.807) is 6.92 Å². The Morgan fingerprint density at radius 2 is 2.09 bits per heavy atom. The van der Waals surface area contributed by atoms with Gasteiger partial charge in [0.15, 0.2) is 22.9 Å². The number of ether oxygens (including phenoxy) is 3. The van der Waals surface area contributed by atoms with Crippen LogP contribution in [0.1, 0.15) is 20.3 Å². The summed E-state index contributed by atoms with van der Waals surface area (Å²) in [7, 11) is 1.32. The van der Waals surface area contributed by atoms with Crippen LogP contribution in [0.2, 0.25) is 0 Å². The number of hydrogen-bond donors (Lipinski definition) is 1. The summed E-state index contributed by atoms with van der Waals surface area (Å²) in [5, 5.41) is 2.70. The van der Waals surface area contributed by atoms with Crippen LogP contribution in [0.4, 0.5) is 13.2 Å². The molecule has 11 heteroatoms. The van der Waals surface area contributed by atoms with E-state index in [0.717, 1.165) is 6.07 Å². The number of benzene rings is 1. The smallest absolute Gasteiger partial charge is 0.255 e. The fraction of sp³-hybridized carbons (Fsp3) is 0.409. The highest BCUT2D eigenvalue weighted by atomic mass is 19.3. The summed E-state index contributed by atoms with van der Waals surface area (Å²) < 4.78 is 62.6. The van der Waals surface area contributed by atoms with Gasteiger partial charge in [0.2, 0.25) is 17.7 Å². The van der Waals surface area contributed by atoms with E-state index in [1.165, 1.54) is 32.4 Å². The molecule has 0 spiro atoms. The van der Waals surface area contributed by atoms with Crippen molar-refractivity contribution >= 4 is 17.0 Å². The van der Waals surface area contributed by atoms with Gasteiger partial charge in [0, 0.05) is 25.0 Å². The number of nitrogens with one attached hydrogen (secondary N) is 1. The van der Waals surface area contributed by atoms with Crippen LogP contribution >= 0.6 is 0 Å². The minimum Gasteiger partial charge on any atom is -0.493 e. The fourth-order valence-corrected chi connectivity index (χ4v) is 3.23. The fourth-order valence-electron chi connectivity index (χ4n) is 3.23. The minimum absolute atomic E-state index is 0.0327. The van der Waals surface area contributed by atoms with Crippen LogP contribution in [0.5, 0.6) is 17.4 Å². The molecule has 0 unspecified atom stereocenters. The molecule has 1 saturated carbocycles. The van der Waals surface area contributed by atoms with E-state index >= 15 is 0 Å². The Labute approximate surface area is 187 Å². The molecule has 3 aromatic rings. The second-order valence-electron chi connectivity index (χ2n) is 7.88. The molecule has 33 heavy (non-hydrogen) atoms. The number of halogens is 3. The predicted molar refractivity (Wildman–Crippen MR) is 111 cm³/mol. The number of aromatic nitrogens is 2. The van der Waals surface area contributed by atoms with E-state index in [2.05, 4.69) is 15.3 Å². The van der Waals surface area contributed by atoms with E-state index in [-0.39, 0.29) is 60.4 Å². The quantitative estimate of drug-likeness (QED) is 0.511. The first-order valence-electron chi connectivity index (χ1n) is 10.2. The molecule has 0 saturated heterocycles. The van der Waals surface area contributed by atoms with Crippen molar-refractivity contribution in [1.82, 2.24) is 15.3 Å². The summed E-state index contributed by atoms with van der Waals surface area (Å²) in [6, 6.07) is 3.90. The third-order valence-corrected chi connectivity index (χ3v) is 5.04. The maximum Gasteiger partial charge on any atom is 0.255 e. The van der Waals surface area contributed by atoms with Gasteiger partial charge in [-0.1, -0.05) is 0 Å². The molecule has 0 bridgehead atoms. The Morgan fingerprint density at radius 3 is 2.76 bits per heavy atom. The summed E-state index contributed by atoms with van der Waals surface area (Å²) >= 11 is 0. The van der Waals surface area contributed by atoms with Crippen LogP contribution in [-0.4, -0.2) is 48.2 Å². The van der Waals surface area contributed by atoms with Gasteiger partial charge in [-0.05, 0) is 19.1 Å². The summed E-state index contributed by atoms with van der Waals surface area (Å²) in [5.74, 6) is -4.48. The molecule has 0 radical (unpaired) electrons. The highest BCUT2D eigenvalue weighted by Crippen LogP contribution is 2.49. The lowest BCUT2D eigenvalue weighted by Gasteiger charge is -2.12. The van der Waals surface area contributed by atoms with Gasteiger partial charge >= 0.3 is 0 Å². The van der Waals surface area contributed by atoms with Gasteiger partial charge in [-0.15, -0.1) is 0 Å². The van der Waals surface area contributed by atoms with Gasteiger partial charge in [-0.2, -0.15) is 0 Å². The van der Waals surface area contributed by atoms with E-state index in [9.17, 15) is 18.0 Å². The number of pyridine rings is 1. The molecular formula is C22H22F3N3O5. The average Bonchev–Trinajstić information content (AvgIpc) is 3.16. The van der Waals surface area contributed by atoms with Gasteiger partial charge in [0.1, 0.15) is 12.1 Å². The Morgan fingerprint density at radius 1 is 1.33 bits per heavy atom. The van der Waals surface area contributed by atoms with Crippen LogP contribution in [0.15, 0.2) is 28.8 Å². The molecule has 1 amide bonds. The van der Waals surface area contributed by atoms with Crippen LogP contribution in [0.25, 0.3) is 22.6 Å². The van der Waals surface area contributed by atoms with Crippen molar-refractivity contribution in [2.45, 2.75) is 32.2 Å².